The average Bonchev–Trinajstić information content (AvgIpc) is 2.84. The van der Waals surface area contributed by atoms with Crippen LogP contribution in [0.15, 0.2) is 78.4 Å². The van der Waals surface area contributed by atoms with Crippen molar-refractivity contribution < 1.29 is 19.1 Å². The summed E-state index contributed by atoms with van der Waals surface area (Å²) in [4.78, 5) is 24.5. The van der Waals surface area contributed by atoms with Gasteiger partial charge in [-0.15, -0.1) is 0 Å². The van der Waals surface area contributed by atoms with Gasteiger partial charge in [0.15, 0.2) is 6.61 Å². The highest BCUT2D eigenvalue weighted by Crippen LogP contribution is 2.18. The van der Waals surface area contributed by atoms with E-state index >= 15 is 0 Å². The molecule has 0 fully saturated rings. The molecule has 7 nitrogen and oxygen atoms in total. The molecule has 0 heterocycles. The molecule has 0 unspecified atom stereocenters. The highest BCUT2D eigenvalue weighted by molar-refractivity contribution is 6.09. The number of ether oxygens (including phenoxy) is 2. The van der Waals surface area contributed by atoms with Crippen molar-refractivity contribution in [2.45, 2.75) is 13.8 Å². The maximum absolute atomic E-state index is 12.5. The molecule has 0 aliphatic heterocycles. The van der Waals surface area contributed by atoms with Crippen molar-refractivity contribution in [2.24, 2.45) is 0 Å². The number of anilines is 2. The molecule has 3 rings (SSSR count). The molecule has 0 aliphatic carbocycles. The Balaban J connectivity index is 1.55. The molecule has 34 heavy (non-hydrogen) atoms. The van der Waals surface area contributed by atoms with Gasteiger partial charge < -0.3 is 20.1 Å². The number of aryl methyl sites for hydroxylation is 1. The van der Waals surface area contributed by atoms with E-state index in [1.807, 2.05) is 44.2 Å². The van der Waals surface area contributed by atoms with Crippen LogP contribution in [0.2, 0.25) is 0 Å². The zero-order chi connectivity index (χ0) is 24.3. The molecule has 0 spiro atoms. The van der Waals surface area contributed by atoms with Gasteiger partial charge in [0, 0.05) is 11.4 Å². The maximum Gasteiger partial charge on any atom is 0.266 e. The Hall–Kier alpha value is -4.57. The standard InChI is InChI=1S/C27H25N3O4/c1-3-33-24-14-10-23(11-15-24)30-27(32)21(17-28)16-20-6-12-25(13-7-20)34-18-26(31)29-22-8-4-19(2)5-9-22/h4-16H,3,18H2,1-2H3,(H,29,31)(H,30,32)/b21-16+. The van der Waals surface area contributed by atoms with Gasteiger partial charge in [0.25, 0.3) is 11.8 Å². The van der Waals surface area contributed by atoms with Crippen LogP contribution in [0.4, 0.5) is 11.4 Å². The molecule has 3 aromatic carbocycles. The summed E-state index contributed by atoms with van der Waals surface area (Å²) in [6.45, 7) is 4.28. The van der Waals surface area contributed by atoms with Crippen molar-refractivity contribution in [1.29, 1.82) is 5.26 Å². The number of rotatable bonds is 9. The third-order valence-electron chi connectivity index (χ3n) is 4.68. The highest BCUT2D eigenvalue weighted by Gasteiger charge is 2.10. The molecule has 0 saturated carbocycles. The monoisotopic (exact) mass is 455 g/mol. The summed E-state index contributed by atoms with van der Waals surface area (Å²) >= 11 is 0. The Morgan fingerprint density at radius 1 is 0.853 bits per heavy atom. The van der Waals surface area contributed by atoms with Crippen LogP contribution in [0.25, 0.3) is 6.08 Å². The molecule has 0 radical (unpaired) electrons. The van der Waals surface area contributed by atoms with Crippen molar-refractivity contribution >= 4 is 29.3 Å². The third-order valence-corrected chi connectivity index (χ3v) is 4.68. The number of nitrogens with zero attached hydrogens (tertiary/aromatic N) is 1. The van der Waals surface area contributed by atoms with Crippen molar-refractivity contribution in [3.63, 3.8) is 0 Å². The first-order chi connectivity index (χ1) is 16.5. The quantitative estimate of drug-likeness (QED) is 0.351. The van der Waals surface area contributed by atoms with Crippen LogP contribution in [0.1, 0.15) is 18.1 Å². The second kappa shape index (κ2) is 11.9. The van der Waals surface area contributed by atoms with E-state index in [4.69, 9.17) is 9.47 Å². The van der Waals surface area contributed by atoms with Gasteiger partial charge in [0.1, 0.15) is 23.1 Å². The van der Waals surface area contributed by atoms with Crippen LogP contribution < -0.4 is 20.1 Å². The van der Waals surface area contributed by atoms with Crippen LogP contribution in [-0.2, 0) is 9.59 Å². The minimum Gasteiger partial charge on any atom is -0.494 e. The predicted molar refractivity (Wildman–Crippen MR) is 132 cm³/mol. The molecule has 0 aromatic heterocycles. The highest BCUT2D eigenvalue weighted by atomic mass is 16.5. The SMILES string of the molecule is CCOc1ccc(NC(=O)/C(C#N)=C/c2ccc(OCC(=O)Nc3ccc(C)cc3)cc2)cc1. The molecule has 0 saturated heterocycles. The molecule has 7 heteroatoms. The van der Waals surface area contributed by atoms with E-state index in [0.29, 0.717) is 35.0 Å². The second-order valence-electron chi connectivity index (χ2n) is 7.35. The fourth-order valence-electron chi connectivity index (χ4n) is 2.96. The zero-order valence-electron chi connectivity index (χ0n) is 19.0. The van der Waals surface area contributed by atoms with E-state index in [-0.39, 0.29) is 18.1 Å². The van der Waals surface area contributed by atoms with Gasteiger partial charge in [-0.25, -0.2) is 0 Å². The minimum absolute atomic E-state index is 0.0416. The first-order valence-electron chi connectivity index (χ1n) is 10.7. The minimum atomic E-state index is -0.514. The third kappa shape index (κ3) is 7.24. The van der Waals surface area contributed by atoms with Crippen molar-refractivity contribution in [2.75, 3.05) is 23.8 Å². The van der Waals surface area contributed by atoms with E-state index in [1.165, 1.54) is 6.08 Å². The van der Waals surface area contributed by atoms with Crippen LogP contribution >= 0.6 is 0 Å². The number of hydrogen-bond donors (Lipinski definition) is 2. The van der Waals surface area contributed by atoms with Gasteiger partial charge in [0.05, 0.1) is 6.61 Å². The molecule has 2 amide bonds. The Labute approximate surface area is 198 Å². The van der Waals surface area contributed by atoms with E-state index in [9.17, 15) is 14.9 Å². The van der Waals surface area contributed by atoms with Crippen LogP contribution in [0, 0.1) is 18.3 Å². The molecule has 0 bridgehead atoms. The van der Waals surface area contributed by atoms with Gasteiger partial charge in [-0.3, -0.25) is 9.59 Å². The summed E-state index contributed by atoms with van der Waals surface area (Å²) in [5.74, 6) is 0.408. The van der Waals surface area contributed by atoms with Gasteiger partial charge in [-0.1, -0.05) is 29.8 Å². The molecular weight excluding hydrogens is 430 g/mol. The Morgan fingerprint density at radius 2 is 1.41 bits per heavy atom. The molecule has 0 atom stereocenters. The number of hydrogen-bond acceptors (Lipinski definition) is 5. The lowest BCUT2D eigenvalue weighted by Gasteiger charge is -2.08. The summed E-state index contributed by atoms with van der Waals surface area (Å²) in [6, 6.07) is 23.1. The lowest BCUT2D eigenvalue weighted by molar-refractivity contribution is -0.118. The lowest BCUT2D eigenvalue weighted by Crippen LogP contribution is -2.20. The van der Waals surface area contributed by atoms with Crippen LogP contribution in [0.3, 0.4) is 0 Å². The lowest BCUT2D eigenvalue weighted by atomic mass is 10.1. The second-order valence-corrected chi connectivity index (χ2v) is 7.35. The van der Waals surface area contributed by atoms with Crippen molar-refractivity contribution in [1.82, 2.24) is 0 Å². The number of benzene rings is 3. The smallest absolute Gasteiger partial charge is 0.266 e. The largest absolute Gasteiger partial charge is 0.494 e. The summed E-state index contributed by atoms with van der Waals surface area (Å²) in [6.07, 6.45) is 1.48. The summed E-state index contributed by atoms with van der Waals surface area (Å²) in [7, 11) is 0. The van der Waals surface area contributed by atoms with Crippen molar-refractivity contribution in [3.8, 4) is 17.6 Å². The van der Waals surface area contributed by atoms with E-state index < -0.39 is 5.91 Å². The molecule has 172 valence electrons. The predicted octanol–water partition coefficient (Wildman–Crippen LogP) is 4.96. The molecule has 0 aliphatic rings. The number of nitrogens with one attached hydrogen (secondary N) is 2. The van der Waals surface area contributed by atoms with Gasteiger partial charge in [-0.2, -0.15) is 5.26 Å². The summed E-state index contributed by atoms with van der Waals surface area (Å²) in [5, 5.41) is 14.9. The molecule has 2 N–H and O–H groups in total. The van der Waals surface area contributed by atoms with Crippen molar-refractivity contribution in [3.05, 3.63) is 89.5 Å². The van der Waals surface area contributed by atoms with Gasteiger partial charge in [0.2, 0.25) is 0 Å². The Morgan fingerprint density at radius 3 is 2.03 bits per heavy atom. The van der Waals surface area contributed by atoms with Gasteiger partial charge >= 0.3 is 0 Å². The van der Waals surface area contributed by atoms with Crippen LogP contribution in [-0.4, -0.2) is 25.0 Å². The fourth-order valence-corrected chi connectivity index (χ4v) is 2.96. The molecular formula is C27H25N3O4. The van der Waals surface area contributed by atoms with Crippen LogP contribution in [0.5, 0.6) is 11.5 Å². The topological polar surface area (TPSA) is 100 Å². The van der Waals surface area contributed by atoms with Gasteiger partial charge in [-0.05, 0) is 74.0 Å². The Kier molecular flexibility index (Phi) is 8.42. The fraction of sp³-hybridized carbons (Fsp3) is 0.148. The summed E-state index contributed by atoms with van der Waals surface area (Å²) < 4.78 is 10.9. The van der Waals surface area contributed by atoms with E-state index in [1.54, 1.807) is 48.5 Å². The Bertz CT molecular complexity index is 1190. The maximum atomic E-state index is 12.5. The van der Waals surface area contributed by atoms with E-state index in [2.05, 4.69) is 10.6 Å². The average molecular weight is 456 g/mol. The normalized spacial score (nSPS) is 10.7. The first-order valence-corrected chi connectivity index (χ1v) is 10.7. The molecule has 3 aromatic rings. The number of carbonyl (C=O) groups excluding carboxylic acids is 2. The first kappa shape index (κ1) is 24.1. The number of carbonyl (C=O) groups is 2. The number of amides is 2. The number of nitriles is 1. The zero-order valence-corrected chi connectivity index (χ0v) is 19.0. The van der Waals surface area contributed by atoms with E-state index in [0.717, 1.165) is 5.56 Å². The summed E-state index contributed by atoms with van der Waals surface area (Å²) in [5.41, 5.74) is 2.97.